The summed E-state index contributed by atoms with van der Waals surface area (Å²) in [5, 5.41) is 0.138. The molecule has 2 aromatic rings. The monoisotopic (exact) mass is 279 g/mol. The Balaban J connectivity index is 1.90. The average Bonchev–Trinajstić information content (AvgIpc) is 2.85. The molecule has 0 saturated heterocycles. The zero-order valence-electron chi connectivity index (χ0n) is 10.0. The Morgan fingerprint density at radius 2 is 2.21 bits per heavy atom. The highest BCUT2D eigenvalue weighted by atomic mass is 35.5. The van der Waals surface area contributed by atoms with E-state index in [2.05, 4.69) is 4.98 Å². The Bertz CT molecular complexity index is 620. The third-order valence-electron chi connectivity index (χ3n) is 3.21. The first kappa shape index (κ1) is 12.2. The molecule has 0 N–H and O–H groups in total. The van der Waals surface area contributed by atoms with E-state index in [-0.39, 0.29) is 10.6 Å². The third-order valence-corrected chi connectivity index (χ3v) is 3.52. The standard InChI is InChI=1S/C13H11ClFN3O/c14-9-2-1-3-10(15)12(9)13(19)18-7-6-17-5-4-16-11(17)8-18/h1-5H,6-8H2. The van der Waals surface area contributed by atoms with Crippen LogP contribution in [0, 0.1) is 5.82 Å². The predicted molar refractivity (Wildman–Crippen MR) is 68.4 cm³/mol. The molecule has 6 heteroatoms. The lowest BCUT2D eigenvalue weighted by atomic mass is 10.1. The lowest BCUT2D eigenvalue weighted by Gasteiger charge is -2.28. The molecule has 0 fully saturated rings. The lowest BCUT2D eigenvalue weighted by Crippen LogP contribution is -2.38. The van der Waals surface area contributed by atoms with Crippen LogP contribution < -0.4 is 0 Å². The smallest absolute Gasteiger partial charge is 0.258 e. The summed E-state index contributed by atoms with van der Waals surface area (Å²) < 4.78 is 15.7. The molecule has 0 aliphatic carbocycles. The number of benzene rings is 1. The van der Waals surface area contributed by atoms with Crippen LogP contribution in [0.25, 0.3) is 0 Å². The van der Waals surface area contributed by atoms with E-state index in [9.17, 15) is 9.18 Å². The van der Waals surface area contributed by atoms with E-state index >= 15 is 0 Å². The quantitative estimate of drug-likeness (QED) is 0.803. The molecule has 0 unspecified atom stereocenters. The Hall–Kier alpha value is -1.88. The Kier molecular flexibility index (Phi) is 2.98. The molecule has 0 saturated carbocycles. The fourth-order valence-corrected chi connectivity index (χ4v) is 2.45. The normalized spacial score (nSPS) is 14.3. The molecule has 1 aliphatic rings. The van der Waals surface area contributed by atoms with Gasteiger partial charge in [-0.25, -0.2) is 9.37 Å². The number of hydrogen-bond acceptors (Lipinski definition) is 2. The van der Waals surface area contributed by atoms with E-state index in [1.165, 1.54) is 18.2 Å². The number of carbonyl (C=O) groups is 1. The second-order valence-corrected chi connectivity index (χ2v) is 4.77. The van der Waals surface area contributed by atoms with Crippen LogP contribution >= 0.6 is 11.6 Å². The number of nitrogens with zero attached hydrogens (tertiary/aromatic N) is 3. The van der Waals surface area contributed by atoms with E-state index in [0.717, 1.165) is 5.82 Å². The number of amides is 1. The van der Waals surface area contributed by atoms with E-state index in [4.69, 9.17) is 11.6 Å². The van der Waals surface area contributed by atoms with Gasteiger partial charge in [-0.05, 0) is 12.1 Å². The van der Waals surface area contributed by atoms with Gasteiger partial charge in [-0.2, -0.15) is 0 Å². The molecular weight excluding hydrogens is 269 g/mol. The van der Waals surface area contributed by atoms with Gasteiger partial charge in [0.05, 0.1) is 17.1 Å². The molecule has 0 bridgehead atoms. The number of imidazole rings is 1. The summed E-state index contributed by atoms with van der Waals surface area (Å²) in [4.78, 5) is 18.1. The van der Waals surface area contributed by atoms with Gasteiger partial charge in [-0.15, -0.1) is 0 Å². The van der Waals surface area contributed by atoms with Gasteiger partial charge < -0.3 is 9.47 Å². The molecule has 0 radical (unpaired) electrons. The van der Waals surface area contributed by atoms with Gasteiger partial charge >= 0.3 is 0 Å². The molecule has 1 aliphatic heterocycles. The fourth-order valence-electron chi connectivity index (χ4n) is 2.21. The molecule has 98 valence electrons. The van der Waals surface area contributed by atoms with Gasteiger partial charge in [0.15, 0.2) is 0 Å². The first-order valence-electron chi connectivity index (χ1n) is 5.90. The van der Waals surface area contributed by atoms with Crippen molar-refractivity contribution in [3.05, 3.63) is 52.8 Å². The third kappa shape index (κ3) is 2.10. The van der Waals surface area contributed by atoms with Crippen LogP contribution in [0.2, 0.25) is 5.02 Å². The summed E-state index contributed by atoms with van der Waals surface area (Å²) in [5.74, 6) is -0.184. The average molecular weight is 280 g/mol. The van der Waals surface area contributed by atoms with Crippen molar-refractivity contribution in [2.75, 3.05) is 6.54 Å². The second kappa shape index (κ2) is 4.66. The SMILES string of the molecule is O=C(c1c(F)cccc1Cl)N1CCn2ccnc2C1. The molecule has 0 atom stereocenters. The van der Waals surface area contributed by atoms with Crippen molar-refractivity contribution in [3.8, 4) is 0 Å². The summed E-state index contributed by atoms with van der Waals surface area (Å²) in [6.45, 7) is 1.55. The number of aromatic nitrogens is 2. The van der Waals surface area contributed by atoms with Crippen LogP contribution in [0.1, 0.15) is 16.2 Å². The maximum atomic E-state index is 13.7. The summed E-state index contributed by atoms with van der Waals surface area (Å²) in [6.07, 6.45) is 3.56. The zero-order chi connectivity index (χ0) is 13.4. The summed E-state index contributed by atoms with van der Waals surface area (Å²) in [6, 6.07) is 4.24. The van der Waals surface area contributed by atoms with E-state index < -0.39 is 11.7 Å². The summed E-state index contributed by atoms with van der Waals surface area (Å²) in [7, 11) is 0. The number of rotatable bonds is 1. The first-order chi connectivity index (χ1) is 9.16. The molecule has 4 nitrogen and oxygen atoms in total. The molecule has 1 aromatic carbocycles. The fraction of sp³-hybridized carbons (Fsp3) is 0.231. The Morgan fingerprint density at radius 1 is 1.37 bits per heavy atom. The highest BCUT2D eigenvalue weighted by Crippen LogP contribution is 2.22. The van der Waals surface area contributed by atoms with Gasteiger partial charge in [0.25, 0.3) is 5.91 Å². The van der Waals surface area contributed by atoms with Gasteiger partial charge in [-0.1, -0.05) is 17.7 Å². The zero-order valence-corrected chi connectivity index (χ0v) is 10.8. The van der Waals surface area contributed by atoms with Crippen molar-refractivity contribution in [1.29, 1.82) is 0 Å². The first-order valence-corrected chi connectivity index (χ1v) is 6.28. The Morgan fingerprint density at radius 3 is 3.00 bits per heavy atom. The van der Waals surface area contributed by atoms with Crippen LogP contribution in [0.3, 0.4) is 0 Å². The minimum absolute atomic E-state index is 0.0656. The number of halogens is 2. The van der Waals surface area contributed by atoms with Crippen LogP contribution in [0.4, 0.5) is 4.39 Å². The highest BCUT2D eigenvalue weighted by Gasteiger charge is 2.25. The number of hydrogen-bond donors (Lipinski definition) is 0. The molecule has 2 heterocycles. The van der Waals surface area contributed by atoms with Gasteiger partial charge in [0.1, 0.15) is 11.6 Å². The van der Waals surface area contributed by atoms with Gasteiger partial charge in [0, 0.05) is 25.5 Å². The summed E-state index contributed by atoms with van der Waals surface area (Å²) >= 11 is 5.91. The maximum Gasteiger partial charge on any atom is 0.258 e. The van der Waals surface area contributed by atoms with Crippen molar-refractivity contribution in [1.82, 2.24) is 14.5 Å². The van der Waals surface area contributed by atoms with Crippen LogP contribution in [-0.2, 0) is 13.1 Å². The second-order valence-electron chi connectivity index (χ2n) is 4.36. The molecule has 1 aromatic heterocycles. The van der Waals surface area contributed by atoms with E-state index in [0.29, 0.717) is 19.6 Å². The largest absolute Gasteiger partial charge is 0.332 e. The maximum absolute atomic E-state index is 13.7. The lowest BCUT2D eigenvalue weighted by molar-refractivity contribution is 0.0703. The topological polar surface area (TPSA) is 38.1 Å². The van der Waals surface area contributed by atoms with Gasteiger partial charge in [-0.3, -0.25) is 4.79 Å². The Labute approximate surface area is 114 Å². The van der Waals surface area contributed by atoms with Crippen LogP contribution in [0.5, 0.6) is 0 Å². The summed E-state index contributed by atoms with van der Waals surface area (Å²) in [5.41, 5.74) is -0.0656. The number of carbonyl (C=O) groups excluding carboxylic acids is 1. The molecular formula is C13H11ClFN3O. The van der Waals surface area contributed by atoms with Crippen LogP contribution in [0.15, 0.2) is 30.6 Å². The van der Waals surface area contributed by atoms with Crippen molar-refractivity contribution in [3.63, 3.8) is 0 Å². The van der Waals surface area contributed by atoms with Crippen molar-refractivity contribution in [2.24, 2.45) is 0 Å². The van der Waals surface area contributed by atoms with E-state index in [1.807, 2.05) is 10.8 Å². The van der Waals surface area contributed by atoms with Crippen molar-refractivity contribution >= 4 is 17.5 Å². The molecule has 3 rings (SSSR count). The van der Waals surface area contributed by atoms with Crippen LogP contribution in [-0.4, -0.2) is 26.9 Å². The minimum Gasteiger partial charge on any atom is -0.332 e. The molecule has 0 spiro atoms. The van der Waals surface area contributed by atoms with Gasteiger partial charge in [0.2, 0.25) is 0 Å². The predicted octanol–water partition coefficient (Wildman–Crippen LogP) is 2.33. The van der Waals surface area contributed by atoms with Crippen molar-refractivity contribution < 1.29 is 9.18 Å². The number of fused-ring (bicyclic) bond motifs is 1. The van der Waals surface area contributed by atoms with E-state index in [1.54, 1.807) is 11.1 Å². The van der Waals surface area contributed by atoms with Crippen molar-refractivity contribution in [2.45, 2.75) is 13.1 Å². The highest BCUT2D eigenvalue weighted by molar-refractivity contribution is 6.33. The molecule has 1 amide bonds. The minimum atomic E-state index is -0.591. The molecule has 19 heavy (non-hydrogen) atoms.